The van der Waals surface area contributed by atoms with Crippen LogP contribution in [-0.2, 0) is 6.42 Å². The van der Waals surface area contributed by atoms with Gasteiger partial charge in [-0.1, -0.05) is 18.9 Å². The zero-order valence-electron chi connectivity index (χ0n) is 13.6. The molecule has 1 saturated carbocycles. The summed E-state index contributed by atoms with van der Waals surface area (Å²) in [5, 5.41) is 3.16. The molecule has 0 unspecified atom stereocenters. The van der Waals surface area contributed by atoms with E-state index < -0.39 is 0 Å². The maximum absolute atomic E-state index is 5.87. The fourth-order valence-electron chi connectivity index (χ4n) is 2.41. The summed E-state index contributed by atoms with van der Waals surface area (Å²) in [6, 6.07) is 5.94. The Labute approximate surface area is 132 Å². The number of aliphatic imine (C=N–C) groups is 1. The molecular formula is C17H27N3O2. The highest BCUT2D eigenvalue weighted by atomic mass is 16.5. The molecule has 1 aliphatic rings. The van der Waals surface area contributed by atoms with E-state index in [2.05, 4.69) is 10.3 Å². The van der Waals surface area contributed by atoms with Crippen LogP contribution in [0.25, 0.3) is 0 Å². The lowest BCUT2D eigenvalue weighted by Gasteiger charge is -2.10. The Morgan fingerprint density at radius 3 is 2.73 bits per heavy atom. The van der Waals surface area contributed by atoms with Crippen molar-refractivity contribution in [2.45, 2.75) is 32.1 Å². The molecule has 22 heavy (non-hydrogen) atoms. The van der Waals surface area contributed by atoms with Crippen LogP contribution in [0.5, 0.6) is 11.5 Å². The van der Waals surface area contributed by atoms with Crippen LogP contribution < -0.4 is 20.5 Å². The van der Waals surface area contributed by atoms with Gasteiger partial charge in [-0.25, -0.2) is 0 Å². The smallest absolute Gasteiger partial charge is 0.188 e. The summed E-state index contributed by atoms with van der Waals surface area (Å²) in [6.45, 7) is 1.58. The Morgan fingerprint density at radius 2 is 2.05 bits per heavy atom. The van der Waals surface area contributed by atoms with E-state index in [9.17, 15) is 0 Å². The van der Waals surface area contributed by atoms with Gasteiger partial charge in [0.05, 0.1) is 14.2 Å². The largest absolute Gasteiger partial charge is 0.493 e. The van der Waals surface area contributed by atoms with Crippen molar-refractivity contribution in [2.75, 3.05) is 27.3 Å². The molecule has 5 nitrogen and oxygen atoms in total. The van der Waals surface area contributed by atoms with Gasteiger partial charge in [0.15, 0.2) is 17.5 Å². The van der Waals surface area contributed by atoms with Gasteiger partial charge >= 0.3 is 0 Å². The van der Waals surface area contributed by atoms with Crippen LogP contribution in [0.4, 0.5) is 0 Å². The second-order valence-corrected chi connectivity index (χ2v) is 5.72. The molecule has 0 saturated heterocycles. The van der Waals surface area contributed by atoms with E-state index in [-0.39, 0.29) is 0 Å². The minimum absolute atomic E-state index is 0.538. The predicted octanol–water partition coefficient (Wildman–Crippen LogP) is 2.34. The number of nitrogens with zero attached hydrogens (tertiary/aromatic N) is 1. The summed E-state index contributed by atoms with van der Waals surface area (Å²) in [5.41, 5.74) is 7.04. The number of nitrogens with two attached hydrogens (primary N) is 1. The average molecular weight is 305 g/mol. The molecule has 1 aromatic rings. The first kappa shape index (κ1) is 16.5. The van der Waals surface area contributed by atoms with Gasteiger partial charge in [0.2, 0.25) is 0 Å². The van der Waals surface area contributed by atoms with Crippen LogP contribution in [-0.4, -0.2) is 33.3 Å². The van der Waals surface area contributed by atoms with Crippen LogP contribution in [0, 0.1) is 5.92 Å². The first-order valence-corrected chi connectivity index (χ1v) is 7.97. The molecule has 0 heterocycles. The Bertz CT molecular complexity index is 499. The summed E-state index contributed by atoms with van der Waals surface area (Å²) >= 11 is 0. The van der Waals surface area contributed by atoms with E-state index in [0.29, 0.717) is 5.96 Å². The number of hydrogen-bond donors (Lipinski definition) is 2. The summed E-state index contributed by atoms with van der Waals surface area (Å²) in [7, 11) is 3.28. The van der Waals surface area contributed by atoms with Gasteiger partial charge in [-0.15, -0.1) is 0 Å². The molecule has 122 valence electrons. The van der Waals surface area contributed by atoms with Crippen LogP contribution in [0.3, 0.4) is 0 Å². The maximum atomic E-state index is 5.87. The summed E-state index contributed by atoms with van der Waals surface area (Å²) in [5.74, 6) is 3.00. The van der Waals surface area contributed by atoms with Crippen molar-refractivity contribution in [1.82, 2.24) is 5.32 Å². The highest BCUT2D eigenvalue weighted by molar-refractivity contribution is 5.77. The fraction of sp³-hybridized carbons (Fsp3) is 0.588. The van der Waals surface area contributed by atoms with E-state index >= 15 is 0 Å². The molecule has 0 bridgehead atoms. The molecule has 0 aliphatic heterocycles. The van der Waals surface area contributed by atoms with E-state index in [0.717, 1.165) is 43.3 Å². The first-order chi connectivity index (χ1) is 10.7. The third-order valence-corrected chi connectivity index (χ3v) is 3.92. The van der Waals surface area contributed by atoms with Gasteiger partial charge in [-0.2, -0.15) is 0 Å². The molecule has 1 aromatic carbocycles. The standard InChI is InChI=1S/C17H27N3O2/c1-21-15-8-7-14(12-16(15)22-2)9-11-20-17(18)19-10-3-4-13-5-6-13/h7-8,12-13H,3-6,9-11H2,1-2H3,(H3,18,19,20). The van der Waals surface area contributed by atoms with Crippen LogP contribution in [0.2, 0.25) is 0 Å². The lowest BCUT2D eigenvalue weighted by Crippen LogP contribution is -2.33. The van der Waals surface area contributed by atoms with Gasteiger partial charge in [-0.05, 0) is 42.9 Å². The first-order valence-electron chi connectivity index (χ1n) is 7.97. The molecule has 1 fully saturated rings. The zero-order chi connectivity index (χ0) is 15.8. The quantitative estimate of drug-likeness (QED) is 0.417. The number of rotatable bonds is 9. The number of ether oxygens (including phenoxy) is 2. The molecule has 0 spiro atoms. The van der Waals surface area contributed by atoms with E-state index in [1.165, 1.54) is 24.8 Å². The molecule has 0 radical (unpaired) electrons. The minimum atomic E-state index is 0.538. The van der Waals surface area contributed by atoms with Crippen molar-refractivity contribution in [3.05, 3.63) is 23.8 Å². The second-order valence-electron chi connectivity index (χ2n) is 5.72. The average Bonchev–Trinajstić information content (AvgIpc) is 3.35. The van der Waals surface area contributed by atoms with Crippen molar-refractivity contribution in [3.8, 4) is 11.5 Å². The molecule has 0 amide bonds. The molecule has 5 heteroatoms. The van der Waals surface area contributed by atoms with Crippen molar-refractivity contribution >= 4 is 5.96 Å². The van der Waals surface area contributed by atoms with Crippen molar-refractivity contribution in [1.29, 1.82) is 0 Å². The predicted molar refractivity (Wildman–Crippen MR) is 89.7 cm³/mol. The molecule has 3 N–H and O–H groups in total. The maximum Gasteiger partial charge on any atom is 0.188 e. The number of methoxy groups -OCH3 is 2. The molecule has 0 atom stereocenters. The Kier molecular flexibility index (Phi) is 6.37. The van der Waals surface area contributed by atoms with Crippen LogP contribution >= 0.6 is 0 Å². The minimum Gasteiger partial charge on any atom is -0.493 e. The van der Waals surface area contributed by atoms with Crippen LogP contribution in [0.15, 0.2) is 23.2 Å². The second kappa shape index (κ2) is 8.51. The van der Waals surface area contributed by atoms with Gasteiger partial charge in [0, 0.05) is 13.1 Å². The summed E-state index contributed by atoms with van der Waals surface area (Å²) < 4.78 is 10.5. The van der Waals surface area contributed by atoms with Gasteiger partial charge < -0.3 is 20.5 Å². The van der Waals surface area contributed by atoms with Crippen LogP contribution in [0.1, 0.15) is 31.2 Å². The Morgan fingerprint density at radius 1 is 1.27 bits per heavy atom. The summed E-state index contributed by atoms with van der Waals surface area (Å²) in [4.78, 5) is 4.35. The van der Waals surface area contributed by atoms with Crippen molar-refractivity contribution in [2.24, 2.45) is 16.6 Å². The molecular weight excluding hydrogens is 278 g/mol. The normalized spacial score (nSPS) is 14.7. The third-order valence-electron chi connectivity index (χ3n) is 3.92. The molecule has 0 aromatic heterocycles. The lowest BCUT2D eigenvalue weighted by atomic mass is 10.1. The number of nitrogens with one attached hydrogen (secondary N) is 1. The SMILES string of the molecule is COc1ccc(CCNC(N)=NCCCC2CC2)cc1OC. The Balaban J connectivity index is 1.69. The fourth-order valence-corrected chi connectivity index (χ4v) is 2.41. The highest BCUT2D eigenvalue weighted by Gasteiger charge is 2.19. The van der Waals surface area contributed by atoms with E-state index in [1.807, 2.05) is 18.2 Å². The topological polar surface area (TPSA) is 68.9 Å². The highest BCUT2D eigenvalue weighted by Crippen LogP contribution is 2.33. The van der Waals surface area contributed by atoms with Crippen molar-refractivity contribution in [3.63, 3.8) is 0 Å². The zero-order valence-corrected chi connectivity index (χ0v) is 13.6. The summed E-state index contributed by atoms with van der Waals surface area (Å²) in [6.07, 6.45) is 6.11. The van der Waals surface area contributed by atoms with Crippen molar-refractivity contribution < 1.29 is 9.47 Å². The van der Waals surface area contributed by atoms with Gasteiger partial charge in [0.25, 0.3) is 0 Å². The molecule has 1 aliphatic carbocycles. The third kappa shape index (κ3) is 5.47. The molecule has 2 rings (SSSR count). The number of guanidine groups is 1. The Hall–Kier alpha value is -1.91. The lowest BCUT2D eigenvalue weighted by molar-refractivity contribution is 0.354. The van der Waals surface area contributed by atoms with E-state index in [1.54, 1.807) is 14.2 Å². The van der Waals surface area contributed by atoms with E-state index in [4.69, 9.17) is 15.2 Å². The monoisotopic (exact) mass is 305 g/mol. The number of hydrogen-bond acceptors (Lipinski definition) is 3. The number of benzene rings is 1. The van der Waals surface area contributed by atoms with Gasteiger partial charge in [0.1, 0.15) is 0 Å². The van der Waals surface area contributed by atoms with Gasteiger partial charge in [-0.3, -0.25) is 4.99 Å².